The largest absolute Gasteiger partial charge is 0.381 e. The third-order valence-corrected chi connectivity index (χ3v) is 4.71. The molecule has 2 atom stereocenters. The lowest BCUT2D eigenvalue weighted by atomic mass is 10.0. The summed E-state index contributed by atoms with van der Waals surface area (Å²) in [6.07, 6.45) is 5.63. The molecule has 2 saturated heterocycles. The van der Waals surface area contributed by atoms with Crippen LogP contribution in [0.1, 0.15) is 50.4 Å². The summed E-state index contributed by atoms with van der Waals surface area (Å²) in [5, 5.41) is 7.56. The smallest absolute Gasteiger partial charge is 0.244 e. The Hall–Kier alpha value is -0.980. The number of piperidine rings is 1. The van der Waals surface area contributed by atoms with E-state index in [2.05, 4.69) is 20.4 Å². The summed E-state index contributed by atoms with van der Waals surface area (Å²) in [7, 11) is 1.71. The highest BCUT2D eigenvalue weighted by atomic mass is 16.5. The molecule has 21 heavy (non-hydrogen) atoms. The highest BCUT2D eigenvalue weighted by molar-refractivity contribution is 4.99. The number of nitrogens with one attached hydrogen (secondary N) is 1. The van der Waals surface area contributed by atoms with Gasteiger partial charge in [-0.25, -0.2) is 0 Å². The minimum atomic E-state index is 0.125. The van der Waals surface area contributed by atoms with Gasteiger partial charge in [-0.2, -0.15) is 4.98 Å². The number of nitrogens with zero attached hydrogens (tertiary/aromatic N) is 3. The van der Waals surface area contributed by atoms with Crippen LogP contribution in [0.4, 0.5) is 0 Å². The van der Waals surface area contributed by atoms with E-state index in [9.17, 15) is 0 Å². The molecule has 0 spiro atoms. The van der Waals surface area contributed by atoms with Crippen LogP contribution in [-0.4, -0.2) is 53.9 Å². The van der Waals surface area contributed by atoms with Crippen LogP contribution in [0, 0.1) is 0 Å². The Morgan fingerprint density at radius 2 is 2.19 bits per heavy atom. The molecule has 3 rings (SSSR count). The summed E-state index contributed by atoms with van der Waals surface area (Å²) in [6, 6.07) is 0.971. The Morgan fingerprint density at radius 3 is 2.95 bits per heavy atom. The highest BCUT2D eigenvalue weighted by Gasteiger charge is 2.35. The van der Waals surface area contributed by atoms with Crippen LogP contribution in [0.25, 0.3) is 0 Å². The number of methoxy groups -OCH3 is 1. The second-order valence-corrected chi connectivity index (χ2v) is 6.18. The molecule has 2 aliphatic heterocycles. The molecule has 1 aromatic rings. The summed E-state index contributed by atoms with van der Waals surface area (Å²) < 4.78 is 10.8. The fourth-order valence-electron chi connectivity index (χ4n) is 3.46. The van der Waals surface area contributed by atoms with Crippen molar-refractivity contribution in [2.75, 3.05) is 26.7 Å². The van der Waals surface area contributed by atoms with E-state index in [4.69, 9.17) is 9.26 Å². The number of rotatable bonds is 5. The molecule has 1 N–H and O–H groups in total. The number of ether oxygens (including phenoxy) is 1. The highest BCUT2D eigenvalue weighted by Crippen LogP contribution is 2.34. The summed E-state index contributed by atoms with van der Waals surface area (Å²) in [5.74, 6) is 1.56. The van der Waals surface area contributed by atoms with Crippen LogP contribution in [-0.2, 0) is 11.2 Å². The van der Waals surface area contributed by atoms with Gasteiger partial charge in [-0.05, 0) is 52.2 Å². The molecule has 0 aliphatic carbocycles. The van der Waals surface area contributed by atoms with Gasteiger partial charge in [-0.1, -0.05) is 5.16 Å². The van der Waals surface area contributed by atoms with Crippen molar-refractivity contribution >= 4 is 0 Å². The lowest BCUT2D eigenvalue weighted by Gasteiger charge is -2.34. The first-order chi connectivity index (χ1) is 10.3. The Kier molecular flexibility index (Phi) is 4.87. The van der Waals surface area contributed by atoms with Crippen molar-refractivity contribution in [1.82, 2.24) is 20.4 Å². The molecular formula is C15H26N4O2. The van der Waals surface area contributed by atoms with E-state index >= 15 is 0 Å². The third-order valence-electron chi connectivity index (χ3n) is 4.71. The maximum absolute atomic E-state index is 5.54. The van der Waals surface area contributed by atoms with Gasteiger partial charge in [0, 0.05) is 19.6 Å². The average molecular weight is 294 g/mol. The Bertz CT molecular complexity index is 445. The van der Waals surface area contributed by atoms with Gasteiger partial charge in [0.05, 0.1) is 12.1 Å². The van der Waals surface area contributed by atoms with Crippen molar-refractivity contribution in [2.24, 2.45) is 0 Å². The Balaban J connectivity index is 1.67. The van der Waals surface area contributed by atoms with E-state index in [-0.39, 0.29) is 6.10 Å². The van der Waals surface area contributed by atoms with Crippen LogP contribution in [0.2, 0.25) is 0 Å². The normalized spacial score (nSPS) is 26.3. The molecule has 118 valence electrons. The lowest BCUT2D eigenvalue weighted by Crippen LogP contribution is -2.42. The fourth-order valence-corrected chi connectivity index (χ4v) is 3.46. The molecule has 6 heteroatoms. The molecule has 0 aromatic carbocycles. The van der Waals surface area contributed by atoms with E-state index in [0.29, 0.717) is 18.5 Å². The zero-order valence-electron chi connectivity index (χ0n) is 13.0. The molecule has 3 heterocycles. The predicted octanol–water partition coefficient (Wildman–Crippen LogP) is 1.54. The Morgan fingerprint density at radius 1 is 1.38 bits per heavy atom. The minimum Gasteiger partial charge on any atom is -0.381 e. The SMILES string of the molecule is COC(C)Cc1noc(C2CCCN2C2CCNCC2)n1. The maximum Gasteiger partial charge on any atom is 0.244 e. The van der Waals surface area contributed by atoms with E-state index in [1.165, 1.54) is 19.3 Å². The fraction of sp³-hybridized carbons (Fsp3) is 0.867. The molecule has 1 aromatic heterocycles. The van der Waals surface area contributed by atoms with Gasteiger partial charge in [-0.15, -0.1) is 0 Å². The second-order valence-electron chi connectivity index (χ2n) is 6.18. The van der Waals surface area contributed by atoms with Gasteiger partial charge in [0.15, 0.2) is 5.82 Å². The predicted molar refractivity (Wildman–Crippen MR) is 79.0 cm³/mol. The van der Waals surface area contributed by atoms with Crippen molar-refractivity contribution in [3.8, 4) is 0 Å². The first-order valence-corrected chi connectivity index (χ1v) is 8.09. The zero-order chi connectivity index (χ0) is 14.7. The molecule has 0 radical (unpaired) electrons. The van der Waals surface area contributed by atoms with Gasteiger partial charge < -0.3 is 14.6 Å². The molecule has 2 aliphatic rings. The van der Waals surface area contributed by atoms with Crippen molar-refractivity contribution < 1.29 is 9.26 Å². The lowest BCUT2D eigenvalue weighted by molar-refractivity contribution is 0.116. The minimum absolute atomic E-state index is 0.125. The molecule has 2 unspecified atom stereocenters. The van der Waals surface area contributed by atoms with Gasteiger partial charge >= 0.3 is 0 Å². The number of hydrogen-bond acceptors (Lipinski definition) is 6. The van der Waals surface area contributed by atoms with E-state index in [1.54, 1.807) is 7.11 Å². The molecule has 6 nitrogen and oxygen atoms in total. The first-order valence-electron chi connectivity index (χ1n) is 8.09. The number of likely N-dealkylation sites (tertiary alicyclic amines) is 1. The Labute approximate surface area is 126 Å². The van der Waals surface area contributed by atoms with Gasteiger partial charge in [0.1, 0.15) is 0 Å². The summed E-state index contributed by atoms with van der Waals surface area (Å²) in [5.41, 5.74) is 0. The number of aromatic nitrogens is 2. The van der Waals surface area contributed by atoms with Crippen LogP contribution in [0.3, 0.4) is 0 Å². The zero-order valence-corrected chi connectivity index (χ0v) is 13.0. The van der Waals surface area contributed by atoms with Gasteiger partial charge in [-0.3, -0.25) is 4.90 Å². The van der Waals surface area contributed by atoms with Crippen LogP contribution in [0.15, 0.2) is 4.52 Å². The third kappa shape index (κ3) is 3.44. The number of hydrogen-bond donors (Lipinski definition) is 1. The van der Waals surface area contributed by atoms with E-state index < -0.39 is 0 Å². The van der Waals surface area contributed by atoms with Crippen LogP contribution >= 0.6 is 0 Å². The van der Waals surface area contributed by atoms with Gasteiger partial charge in [0.25, 0.3) is 0 Å². The molecule has 2 fully saturated rings. The topological polar surface area (TPSA) is 63.4 Å². The molecular weight excluding hydrogens is 268 g/mol. The second kappa shape index (κ2) is 6.85. The standard InChI is InChI=1S/C15H26N4O2/c1-11(20-2)10-14-17-15(21-18-14)13-4-3-9-19(13)12-5-7-16-8-6-12/h11-13,16H,3-10H2,1-2H3. The molecule has 0 amide bonds. The van der Waals surface area contributed by atoms with E-state index in [0.717, 1.165) is 37.8 Å². The maximum atomic E-state index is 5.54. The van der Waals surface area contributed by atoms with Crippen LogP contribution in [0.5, 0.6) is 0 Å². The molecule has 0 saturated carbocycles. The first kappa shape index (κ1) is 14.9. The van der Waals surface area contributed by atoms with E-state index in [1.807, 2.05) is 6.92 Å². The summed E-state index contributed by atoms with van der Waals surface area (Å²) in [6.45, 7) is 5.41. The van der Waals surface area contributed by atoms with Crippen molar-refractivity contribution in [3.63, 3.8) is 0 Å². The van der Waals surface area contributed by atoms with Crippen molar-refractivity contribution in [1.29, 1.82) is 0 Å². The quantitative estimate of drug-likeness (QED) is 0.888. The summed E-state index contributed by atoms with van der Waals surface area (Å²) in [4.78, 5) is 7.19. The van der Waals surface area contributed by atoms with Crippen molar-refractivity contribution in [3.05, 3.63) is 11.7 Å². The average Bonchev–Trinajstić information content (AvgIpc) is 3.16. The molecule has 0 bridgehead atoms. The monoisotopic (exact) mass is 294 g/mol. The summed E-state index contributed by atoms with van der Waals surface area (Å²) >= 11 is 0. The van der Waals surface area contributed by atoms with Crippen LogP contribution < -0.4 is 5.32 Å². The van der Waals surface area contributed by atoms with Crippen molar-refractivity contribution in [2.45, 2.75) is 57.2 Å². The van der Waals surface area contributed by atoms with Gasteiger partial charge in [0.2, 0.25) is 5.89 Å².